The molecule has 5 rings (SSSR count). The summed E-state index contributed by atoms with van der Waals surface area (Å²) in [6.45, 7) is 3.11. The van der Waals surface area contributed by atoms with Crippen molar-refractivity contribution in [3.63, 3.8) is 0 Å². The summed E-state index contributed by atoms with van der Waals surface area (Å²) in [6, 6.07) is 16.2. The van der Waals surface area contributed by atoms with Crippen LogP contribution in [0.4, 0.5) is 0 Å². The van der Waals surface area contributed by atoms with Crippen LogP contribution in [0.5, 0.6) is 17.4 Å². The van der Waals surface area contributed by atoms with Crippen molar-refractivity contribution in [3.8, 4) is 17.4 Å². The number of halogens is 1. The standard InChI is InChI=1S/C27H28ClN3O4S/c1-34-25-10-3-11-26-24(25)18-20(23-9-4-12-29-27(23)35-26)6-5-13-30-14-16-31(17-15-30)36(32,33)22-8-2-7-21(28)19-22/h2-4,6-12,19H,5,13-18H2,1H3. The van der Waals surface area contributed by atoms with E-state index in [9.17, 15) is 8.42 Å². The summed E-state index contributed by atoms with van der Waals surface area (Å²) >= 11 is 6.01. The largest absolute Gasteiger partial charge is 0.496 e. The van der Waals surface area contributed by atoms with Crippen LogP contribution in [-0.2, 0) is 16.4 Å². The number of ether oxygens (including phenoxy) is 2. The average molecular weight is 526 g/mol. The molecule has 1 fully saturated rings. The lowest BCUT2D eigenvalue weighted by molar-refractivity contribution is 0.191. The first kappa shape index (κ1) is 24.8. The number of methoxy groups -OCH3 is 1. The molecule has 1 saturated heterocycles. The Hall–Kier alpha value is -2.91. The summed E-state index contributed by atoms with van der Waals surface area (Å²) in [4.78, 5) is 7.00. The Balaban J connectivity index is 1.26. The summed E-state index contributed by atoms with van der Waals surface area (Å²) < 4.78 is 39.2. The third-order valence-electron chi connectivity index (χ3n) is 6.60. The van der Waals surface area contributed by atoms with Gasteiger partial charge in [0.1, 0.15) is 11.5 Å². The SMILES string of the molecule is COc1cccc2c1CC(=CCCN1CCN(S(=O)(=O)c3cccc(Cl)c3)CC1)c1cccnc1O2. The third kappa shape index (κ3) is 5.13. The lowest BCUT2D eigenvalue weighted by Crippen LogP contribution is -2.48. The number of hydrogen-bond donors (Lipinski definition) is 0. The highest BCUT2D eigenvalue weighted by Gasteiger charge is 2.28. The van der Waals surface area contributed by atoms with Crippen LogP contribution in [0.2, 0.25) is 5.02 Å². The highest BCUT2D eigenvalue weighted by molar-refractivity contribution is 7.89. The fraction of sp³-hybridized carbons (Fsp3) is 0.296. The second-order valence-corrected chi connectivity index (χ2v) is 11.2. The van der Waals surface area contributed by atoms with Gasteiger partial charge < -0.3 is 14.4 Å². The van der Waals surface area contributed by atoms with Crippen molar-refractivity contribution < 1.29 is 17.9 Å². The van der Waals surface area contributed by atoms with E-state index in [4.69, 9.17) is 21.1 Å². The molecule has 0 aliphatic carbocycles. The molecule has 36 heavy (non-hydrogen) atoms. The van der Waals surface area contributed by atoms with Gasteiger partial charge in [-0.3, -0.25) is 0 Å². The Kier molecular flexibility index (Phi) is 7.29. The van der Waals surface area contributed by atoms with Crippen molar-refractivity contribution in [2.24, 2.45) is 0 Å². The molecule has 0 saturated carbocycles. The highest BCUT2D eigenvalue weighted by Crippen LogP contribution is 2.41. The van der Waals surface area contributed by atoms with E-state index in [1.54, 1.807) is 35.8 Å². The van der Waals surface area contributed by atoms with Crippen molar-refractivity contribution in [2.45, 2.75) is 17.7 Å². The molecule has 2 aliphatic heterocycles. The maximum Gasteiger partial charge on any atom is 0.243 e. The minimum absolute atomic E-state index is 0.242. The second kappa shape index (κ2) is 10.6. The Morgan fingerprint density at radius 1 is 1.08 bits per heavy atom. The Labute approximate surface area is 217 Å². The van der Waals surface area contributed by atoms with E-state index in [1.165, 1.54) is 6.07 Å². The van der Waals surface area contributed by atoms with E-state index < -0.39 is 10.0 Å². The van der Waals surface area contributed by atoms with E-state index in [2.05, 4.69) is 16.0 Å². The van der Waals surface area contributed by atoms with Gasteiger partial charge in [-0.05, 0) is 54.5 Å². The van der Waals surface area contributed by atoms with Gasteiger partial charge in [-0.1, -0.05) is 29.8 Å². The lowest BCUT2D eigenvalue weighted by atomic mass is 9.97. The van der Waals surface area contributed by atoms with Crippen LogP contribution in [0.3, 0.4) is 0 Å². The number of allylic oxidation sites excluding steroid dienone is 1. The van der Waals surface area contributed by atoms with E-state index in [0.29, 0.717) is 43.5 Å². The molecular weight excluding hydrogens is 498 g/mol. The Morgan fingerprint density at radius 3 is 2.67 bits per heavy atom. The zero-order chi connectivity index (χ0) is 25.1. The predicted molar refractivity (Wildman–Crippen MR) is 140 cm³/mol. The minimum Gasteiger partial charge on any atom is -0.496 e. The topological polar surface area (TPSA) is 72.0 Å². The molecule has 3 aromatic rings. The third-order valence-corrected chi connectivity index (χ3v) is 8.73. The molecule has 2 aliphatic rings. The number of hydrogen-bond acceptors (Lipinski definition) is 6. The average Bonchev–Trinajstić information content (AvgIpc) is 3.05. The van der Waals surface area contributed by atoms with E-state index in [1.807, 2.05) is 30.3 Å². The predicted octanol–water partition coefficient (Wildman–Crippen LogP) is 4.87. The molecule has 9 heteroatoms. The molecule has 2 aromatic carbocycles. The van der Waals surface area contributed by atoms with Crippen LogP contribution in [-0.4, -0.2) is 62.4 Å². The summed E-state index contributed by atoms with van der Waals surface area (Å²) in [5, 5.41) is 0.420. The maximum absolute atomic E-state index is 13.0. The van der Waals surface area contributed by atoms with E-state index >= 15 is 0 Å². The van der Waals surface area contributed by atoms with Crippen LogP contribution in [0, 0.1) is 0 Å². The second-order valence-electron chi connectivity index (χ2n) is 8.79. The summed E-state index contributed by atoms with van der Waals surface area (Å²) in [7, 11) is -1.87. The van der Waals surface area contributed by atoms with Gasteiger partial charge >= 0.3 is 0 Å². The molecule has 0 atom stereocenters. The lowest BCUT2D eigenvalue weighted by Gasteiger charge is -2.33. The summed E-state index contributed by atoms with van der Waals surface area (Å²) in [5.41, 5.74) is 3.13. The van der Waals surface area contributed by atoms with Crippen molar-refractivity contribution in [2.75, 3.05) is 39.8 Å². The number of nitrogens with zero attached hydrogens (tertiary/aromatic N) is 3. The van der Waals surface area contributed by atoms with Gasteiger partial charge in [-0.2, -0.15) is 4.31 Å². The number of rotatable bonds is 6. The highest BCUT2D eigenvalue weighted by atomic mass is 35.5. The number of fused-ring (bicyclic) bond motifs is 2. The fourth-order valence-electron chi connectivity index (χ4n) is 4.69. The molecule has 3 heterocycles. The zero-order valence-electron chi connectivity index (χ0n) is 20.1. The van der Waals surface area contributed by atoms with Gasteiger partial charge in [-0.25, -0.2) is 13.4 Å². The molecule has 0 radical (unpaired) electrons. The maximum atomic E-state index is 13.0. The molecule has 1 aromatic heterocycles. The van der Waals surface area contributed by atoms with Crippen LogP contribution >= 0.6 is 11.6 Å². The van der Waals surface area contributed by atoms with E-state index in [-0.39, 0.29) is 4.90 Å². The number of pyridine rings is 1. The first-order chi connectivity index (χ1) is 17.5. The van der Waals surface area contributed by atoms with Crippen LogP contribution in [0.25, 0.3) is 5.57 Å². The van der Waals surface area contributed by atoms with Gasteiger partial charge in [0, 0.05) is 61.5 Å². The molecular formula is C27H28ClN3O4S. The molecule has 0 bridgehead atoms. The molecule has 188 valence electrons. The monoisotopic (exact) mass is 525 g/mol. The van der Waals surface area contributed by atoms with Gasteiger partial charge in [0.05, 0.1) is 12.0 Å². The first-order valence-electron chi connectivity index (χ1n) is 11.9. The number of sulfonamides is 1. The normalized spacial score (nSPS) is 17.7. The molecule has 7 nitrogen and oxygen atoms in total. The number of aromatic nitrogens is 1. The summed E-state index contributed by atoms with van der Waals surface area (Å²) in [6.07, 6.45) is 5.48. The van der Waals surface area contributed by atoms with E-state index in [0.717, 1.165) is 41.2 Å². The fourth-order valence-corrected chi connectivity index (χ4v) is 6.41. The smallest absolute Gasteiger partial charge is 0.243 e. The van der Waals surface area contributed by atoms with Crippen molar-refractivity contribution in [3.05, 3.63) is 83.0 Å². The van der Waals surface area contributed by atoms with Crippen molar-refractivity contribution >= 4 is 27.2 Å². The first-order valence-corrected chi connectivity index (χ1v) is 13.7. The zero-order valence-corrected chi connectivity index (χ0v) is 21.6. The van der Waals surface area contributed by atoms with Gasteiger partial charge in [0.15, 0.2) is 0 Å². The van der Waals surface area contributed by atoms with Crippen LogP contribution in [0.1, 0.15) is 17.5 Å². The Bertz CT molecular complexity index is 1390. The molecule has 0 amide bonds. The summed E-state index contributed by atoms with van der Waals surface area (Å²) in [5.74, 6) is 2.15. The van der Waals surface area contributed by atoms with Gasteiger partial charge in [-0.15, -0.1) is 0 Å². The van der Waals surface area contributed by atoms with Crippen molar-refractivity contribution in [1.29, 1.82) is 0 Å². The quantitative estimate of drug-likeness (QED) is 0.457. The number of benzene rings is 2. The van der Waals surface area contributed by atoms with Crippen LogP contribution in [0.15, 0.2) is 71.8 Å². The Morgan fingerprint density at radius 2 is 1.89 bits per heavy atom. The minimum atomic E-state index is -3.54. The van der Waals surface area contributed by atoms with Gasteiger partial charge in [0.2, 0.25) is 15.9 Å². The van der Waals surface area contributed by atoms with Gasteiger partial charge in [0.25, 0.3) is 0 Å². The molecule has 0 unspecified atom stereocenters. The molecule has 0 spiro atoms. The van der Waals surface area contributed by atoms with Crippen LogP contribution < -0.4 is 9.47 Å². The number of piperazine rings is 1. The van der Waals surface area contributed by atoms with Crippen molar-refractivity contribution in [1.82, 2.24) is 14.2 Å². The molecule has 0 N–H and O–H groups in total.